The van der Waals surface area contributed by atoms with Crippen LogP contribution in [0.15, 0.2) is 23.8 Å². The van der Waals surface area contributed by atoms with E-state index in [0.717, 1.165) is 0 Å². The van der Waals surface area contributed by atoms with Crippen molar-refractivity contribution in [1.29, 1.82) is 0 Å². The molecule has 1 heterocycles. The van der Waals surface area contributed by atoms with Gasteiger partial charge in [-0.05, 0) is 19.8 Å². The van der Waals surface area contributed by atoms with Crippen molar-refractivity contribution in [3.63, 3.8) is 0 Å². The molecule has 1 aliphatic carbocycles. The van der Waals surface area contributed by atoms with Gasteiger partial charge in [-0.15, -0.1) is 0 Å². The summed E-state index contributed by atoms with van der Waals surface area (Å²) in [5, 5.41) is 9.42. The van der Waals surface area contributed by atoms with Gasteiger partial charge in [0.1, 0.15) is 0 Å². The van der Waals surface area contributed by atoms with E-state index in [0.29, 0.717) is 38.0 Å². The highest BCUT2D eigenvalue weighted by Gasteiger charge is 2.43. The highest BCUT2D eigenvalue weighted by atomic mass is 19.4. The third kappa shape index (κ3) is 3.83. The first kappa shape index (κ1) is 14.6. The van der Waals surface area contributed by atoms with Gasteiger partial charge in [-0.1, -0.05) is 23.8 Å². The Morgan fingerprint density at radius 2 is 1.95 bits per heavy atom. The van der Waals surface area contributed by atoms with E-state index >= 15 is 0 Å². The molecule has 0 bridgehead atoms. The molecule has 2 unspecified atom stereocenters. The first-order valence-electron chi connectivity index (χ1n) is 6.70. The normalized spacial score (nSPS) is 30.5. The van der Waals surface area contributed by atoms with Gasteiger partial charge in [-0.3, -0.25) is 0 Å². The summed E-state index contributed by atoms with van der Waals surface area (Å²) in [6, 6.07) is 0. The number of likely N-dealkylation sites (tertiary alicyclic amines) is 1. The number of nitrogens with zero attached hydrogens (tertiary/aromatic N) is 1. The number of aliphatic hydroxyl groups excluding tert-OH is 1. The molecule has 0 aromatic carbocycles. The Balaban J connectivity index is 2.00. The predicted molar refractivity (Wildman–Crippen MR) is 67.6 cm³/mol. The van der Waals surface area contributed by atoms with E-state index in [1.165, 1.54) is 6.08 Å². The summed E-state index contributed by atoms with van der Waals surface area (Å²) in [6.45, 7) is 3.47. The van der Waals surface area contributed by atoms with Crippen LogP contribution >= 0.6 is 0 Å². The molecule has 0 radical (unpaired) electrons. The fraction of sp³-hybridized carbons (Fsp3) is 0.714. The molecule has 1 fully saturated rings. The van der Waals surface area contributed by atoms with Crippen LogP contribution in [0, 0.1) is 11.8 Å². The van der Waals surface area contributed by atoms with Gasteiger partial charge in [-0.25, -0.2) is 0 Å². The van der Waals surface area contributed by atoms with Crippen LogP contribution in [0.4, 0.5) is 13.2 Å². The maximum atomic E-state index is 13.0. The lowest BCUT2D eigenvalue weighted by atomic mass is 9.84. The Bertz CT molecular complexity index is 367. The third-order valence-corrected chi connectivity index (χ3v) is 3.91. The number of halogens is 3. The van der Waals surface area contributed by atoms with Crippen LogP contribution in [0.1, 0.15) is 19.8 Å². The number of hydrogen-bond donors (Lipinski definition) is 1. The van der Waals surface area contributed by atoms with Gasteiger partial charge in [0, 0.05) is 25.6 Å². The van der Waals surface area contributed by atoms with Crippen molar-refractivity contribution in [3.8, 4) is 0 Å². The Morgan fingerprint density at radius 1 is 1.32 bits per heavy atom. The Labute approximate surface area is 111 Å². The first-order valence-corrected chi connectivity index (χ1v) is 6.70. The highest BCUT2D eigenvalue weighted by Crippen LogP contribution is 2.37. The van der Waals surface area contributed by atoms with Gasteiger partial charge in [-0.2, -0.15) is 13.2 Å². The van der Waals surface area contributed by atoms with Crippen molar-refractivity contribution >= 4 is 0 Å². The van der Waals surface area contributed by atoms with E-state index in [1.54, 1.807) is 19.1 Å². The molecule has 19 heavy (non-hydrogen) atoms. The first-order chi connectivity index (χ1) is 8.86. The average Bonchev–Trinajstić information content (AvgIpc) is 2.33. The fourth-order valence-electron chi connectivity index (χ4n) is 2.77. The number of piperidine rings is 1. The van der Waals surface area contributed by atoms with Gasteiger partial charge in [0.25, 0.3) is 0 Å². The van der Waals surface area contributed by atoms with Crippen LogP contribution < -0.4 is 0 Å². The zero-order valence-corrected chi connectivity index (χ0v) is 11.0. The molecule has 2 rings (SSSR count). The van der Waals surface area contributed by atoms with E-state index in [1.807, 2.05) is 4.90 Å². The molecule has 2 aliphatic rings. The van der Waals surface area contributed by atoms with Crippen LogP contribution in [-0.2, 0) is 0 Å². The zero-order valence-electron chi connectivity index (χ0n) is 11.0. The smallest absolute Gasteiger partial charge is 0.393 e. The van der Waals surface area contributed by atoms with E-state index in [4.69, 9.17) is 0 Å². The van der Waals surface area contributed by atoms with Crippen molar-refractivity contribution in [1.82, 2.24) is 4.90 Å². The molecule has 0 aromatic heterocycles. The number of alkyl halides is 3. The highest BCUT2D eigenvalue weighted by molar-refractivity contribution is 5.25. The van der Waals surface area contributed by atoms with Gasteiger partial charge >= 0.3 is 6.18 Å². The molecule has 0 spiro atoms. The van der Waals surface area contributed by atoms with Gasteiger partial charge in [0.2, 0.25) is 0 Å². The molecular weight excluding hydrogens is 255 g/mol. The largest absolute Gasteiger partial charge is 0.395 e. The maximum absolute atomic E-state index is 13.0. The summed E-state index contributed by atoms with van der Waals surface area (Å²) >= 11 is 0. The zero-order chi connectivity index (χ0) is 14.0. The Morgan fingerprint density at radius 3 is 2.53 bits per heavy atom. The van der Waals surface area contributed by atoms with Gasteiger partial charge < -0.3 is 10.0 Å². The van der Waals surface area contributed by atoms with Crippen molar-refractivity contribution < 1.29 is 18.3 Å². The number of aliphatic hydroxyl groups is 1. The topological polar surface area (TPSA) is 23.5 Å². The molecule has 5 heteroatoms. The summed E-state index contributed by atoms with van der Waals surface area (Å²) < 4.78 is 39.1. The standard InChI is InChI=1S/C14H20F3NO/c1-10-2-3-11(13(8-10)14(15,16)17)9-18-6-4-12(19)5-7-18/h2-3,8,11-13,19H,4-7,9H2,1H3. The second-order valence-corrected chi connectivity index (χ2v) is 5.53. The maximum Gasteiger partial charge on any atom is 0.395 e. The van der Waals surface area contributed by atoms with E-state index in [2.05, 4.69) is 0 Å². The van der Waals surface area contributed by atoms with E-state index in [-0.39, 0.29) is 6.10 Å². The van der Waals surface area contributed by atoms with Gasteiger partial charge in [0.05, 0.1) is 12.0 Å². The monoisotopic (exact) mass is 275 g/mol. The quantitative estimate of drug-likeness (QED) is 0.837. The number of allylic oxidation sites excluding steroid dienone is 3. The molecule has 1 aliphatic heterocycles. The molecule has 2 atom stereocenters. The van der Waals surface area contributed by atoms with Crippen molar-refractivity contribution in [2.75, 3.05) is 19.6 Å². The minimum atomic E-state index is -4.19. The molecule has 1 N–H and O–H groups in total. The second-order valence-electron chi connectivity index (χ2n) is 5.53. The van der Waals surface area contributed by atoms with Crippen LogP contribution in [0.5, 0.6) is 0 Å². The molecule has 2 nitrogen and oxygen atoms in total. The third-order valence-electron chi connectivity index (χ3n) is 3.91. The molecule has 108 valence electrons. The minimum Gasteiger partial charge on any atom is -0.393 e. The van der Waals surface area contributed by atoms with E-state index < -0.39 is 18.0 Å². The number of rotatable bonds is 2. The van der Waals surface area contributed by atoms with Crippen molar-refractivity contribution in [2.24, 2.45) is 11.8 Å². The van der Waals surface area contributed by atoms with Gasteiger partial charge in [0.15, 0.2) is 0 Å². The summed E-state index contributed by atoms with van der Waals surface area (Å²) in [5.74, 6) is -1.90. The molecular formula is C14H20F3NO. The van der Waals surface area contributed by atoms with E-state index in [9.17, 15) is 18.3 Å². The molecule has 0 aromatic rings. The second kappa shape index (κ2) is 5.67. The molecule has 0 saturated carbocycles. The lowest BCUT2D eigenvalue weighted by Gasteiger charge is -2.35. The lowest BCUT2D eigenvalue weighted by Crippen LogP contribution is -2.42. The summed E-state index contributed by atoms with van der Waals surface area (Å²) in [6.07, 6.45) is 1.60. The van der Waals surface area contributed by atoms with Crippen molar-refractivity contribution in [2.45, 2.75) is 32.0 Å². The Hall–Kier alpha value is -0.810. The Kier molecular flexibility index (Phi) is 4.36. The lowest BCUT2D eigenvalue weighted by molar-refractivity contribution is -0.172. The molecule has 1 saturated heterocycles. The minimum absolute atomic E-state index is 0.293. The van der Waals surface area contributed by atoms with Crippen molar-refractivity contribution in [3.05, 3.63) is 23.8 Å². The summed E-state index contributed by atoms with van der Waals surface area (Å²) in [5.41, 5.74) is 0.674. The predicted octanol–water partition coefficient (Wildman–Crippen LogP) is 2.75. The molecule has 0 amide bonds. The fourth-order valence-corrected chi connectivity index (χ4v) is 2.77. The van der Waals surface area contributed by atoms with Crippen LogP contribution in [0.3, 0.4) is 0 Å². The summed E-state index contributed by atoms with van der Waals surface area (Å²) in [7, 11) is 0. The summed E-state index contributed by atoms with van der Waals surface area (Å²) in [4.78, 5) is 2.02. The van der Waals surface area contributed by atoms with Crippen LogP contribution in [0.2, 0.25) is 0 Å². The van der Waals surface area contributed by atoms with Crippen LogP contribution in [-0.4, -0.2) is 41.9 Å². The van der Waals surface area contributed by atoms with Crippen LogP contribution in [0.25, 0.3) is 0 Å². The average molecular weight is 275 g/mol. The number of hydrogen-bond acceptors (Lipinski definition) is 2. The SMILES string of the molecule is CC1=CC(C(F)(F)F)C(CN2CCC(O)CC2)C=C1.